The lowest BCUT2D eigenvalue weighted by Crippen LogP contribution is -2.07. The Morgan fingerprint density at radius 1 is 1.38 bits per heavy atom. The van der Waals surface area contributed by atoms with Crippen LogP contribution in [0.5, 0.6) is 0 Å². The summed E-state index contributed by atoms with van der Waals surface area (Å²) in [6.07, 6.45) is 1.54. The van der Waals surface area contributed by atoms with E-state index in [1.807, 2.05) is 0 Å². The zero-order valence-corrected chi connectivity index (χ0v) is 7.25. The summed E-state index contributed by atoms with van der Waals surface area (Å²) in [5.74, 6) is -0.274. The fourth-order valence-corrected chi connectivity index (χ4v) is 1.50. The first-order valence-corrected chi connectivity index (χ1v) is 4.11. The number of benzene rings is 1. The van der Waals surface area contributed by atoms with Gasteiger partial charge in [-0.3, -0.25) is 0 Å². The minimum absolute atomic E-state index is 0.274. The van der Waals surface area contributed by atoms with Crippen molar-refractivity contribution >= 4 is 11.0 Å². The first kappa shape index (κ1) is 8.26. The maximum atomic E-state index is 13.3. The van der Waals surface area contributed by atoms with Gasteiger partial charge in [-0.2, -0.15) is 0 Å². The molecule has 3 heteroatoms. The highest BCUT2D eigenvalue weighted by Gasteiger charge is 2.12. The molecular weight excluding hydrogens is 169 g/mol. The van der Waals surface area contributed by atoms with Crippen molar-refractivity contribution in [3.05, 3.63) is 35.8 Å². The van der Waals surface area contributed by atoms with Crippen molar-refractivity contribution in [2.24, 2.45) is 5.73 Å². The fraction of sp³-hybridized carbons (Fsp3) is 0.200. The van der Waals surface area contributed by atoms with Gasteiger partial charge in [0.25, 0.3) is 0 Å². The third kappa shape index (κ3) is 1.21. The van der Waals surface area contributed by atoms with E-state index in [0.717, 1.165) is 5.39 Å². The quantitative estimate of drug-likeness (QED) is 0.730. The van der Waals surface area contributed by atoms with Gasteiger partial charge in [-0.05, 0) is 25.1 Å². The molecule has 2 N–H and O–H groups in total. The van der Waals surface area contributed by atoms with Crippen LogP contribution in [0.25, 0.3) is 11.0 Å². The Morgan fingerprint density at radius 3 is 2.85 bits per heavy atom. The van der Waals surface area contributed by atoms with Gasteiger partial charge in [-0.1, -0.05) is 0 Å². The Kier molecular flexibility index (Phi) is 1.81. The molecule has 0 fully saturated rings. The van der Waals surface area contributed by atoms with Crippen molar-refractivity contribution < 1.29 is 8.81 Å². The molecule has 2 nitrogen and oxygen atoms in total. The van der Waals surface area contributed by atoms with E-state index in [0.29, 0.717) is 11.1 Å². The molecule has 1 heterocycles. The Hall–Kier alpha value is -1.35. The van der Waals surface area contributed by atoms with Crippen LogP contribution in [-0.2, 0) is 0 Å². The van der Waals surface area contributed by atoms with Crippen LogP contribution in [0.15, 0.2) is 28.9 Å². The molecule has 0 aliphatic rings. The van der Waals surface area contributed by atoms with E-state index >= 15 is 0 Å². The molecule has 1 aromatic carbocycles. The largest absolute Gasteiger partial charge is 0.464 e. The normalized spacial score (nSPS) is 13.5. The predicted molar refractivity (Wildman–Crippen MR) is 48.8 cm³/mol. The summed E-state index contributed by atoms with van der Waals surface area (Å²) >= 11 is 0. The Morgan fingerprint density at radius 2 is 2.15 bits per heavy atom. The summed E-state index contributed by atoms with van der Waals surface area (Å²) in [5, 5.41) is 0.759. The zero-order chi connectivity index (χ0) is 9.42. The van der Waals surface area contributed by atoms with E-state index in [1.54, 1.807) is 19.1 Å². The number of rotatable bonds is 1. The number of hydrogen-bond acceptors (Lipinski definition) is 2. The highest BCUT2D eigenvalue weighted by molar-refractivity contribution is 5.81. The molecule has 0 radical (unpaired) electrons. The lowest BCUT2D eigenvalue weighted by atomic mass is 10.0. The van der Waals surface area contributed by atoms with Crippen molar-refractivity contribution in [1.29, 1.82) is 0 Å². The monoisotopic (exact) mass is 179 g/mol. The SMILES string of the molecule is CC(N)c1c(F)ccc2occc12. The molecule has 0 saturated carbocycles. The summed E-state index contributed by atoms with van der Waals surface area (Å²) in [7, 11) is 0. The van der Waals surface area contributed by atoms with Crippen molar-refractivity contribution in [3.63, 3.8) is 0 Å². The van der Waals surface area contributed by atoms with Crippen LogP contribution >= 0.6 is 0 Å². The van der Waals surface area contributed by atoms with Crippen LogP contribution in [0, 0.1) is 5.82 Å². The van der Waals surface area contributed by atoms with E-state index in [2.05, 4.69) is 0 Å². The number of hydrogen-bond donors (Lipinski definition) is 1. The zero-order valence-electron chi connectivity index (χ0n) is 7.25. The minimum atomic E-state index is -0.318. The molecule has 0 aliphatic heterocycles. The Bertz CT molecular complexity index is 433. The minimum Gasteiger partial charge on any atom is -0.464 e. The molecule has 0 saturated heterocycles. The van der Waals surface area contributed by atoms with Gasteiger partial charge in [-0.25, -0.2) is 4.39 Å². The Labute approximate surface area is 75.1 Å². The van der Waals surface area contributed by atoms with E-state index in [1.165, 1.54) is 12.3 Å². The maximum absolute atomic E-state index is 13.3. The summed E-state index contributed by atoms with van der Waals surface area (Å²) in [6.45, 7) is 1.75. The van der Waals surface area contributed by atoms with Crippen LogP contribution in [0.3, 0.4) is 0 Å². The van der Waals surface area contributed by atoms with Gasteiger partial charge in [0.2, 0.25) is 0 Å². The second-order valence-electron chi connectivity index (χ2n) is 3.08. The maximum Gasteiger partial charge on any atom is 0.134 e. The first-order valence-electron chi connectivity index (χ1n) is 4.11. The molecule has 1 aromatic heterocycles. The Balaban J connectivity index is 2.80. The van der Waals surface area contributed by atoms with Crippen LogP contribution in [0.4, 0.5) is 4.39 Å². The lowest BCUT2D eigenvalue weighted by molar-refractivity contribution is 0.591. The topological polar surface area (TPSA) is 39.2 Å². The van der Waals surface area contributed by atoms with Crippen molar-refractivity contribution in [2.75, 3.05) is 0 Å². The predicted octanol–water partition coefficient (Wildman–Crippen LogP) is 2.59. The standard InChI is InChI=1S/C10H10FNO/c1-6(12)10-7-4-5-13-9(7)3-2-8(10)11/h2-6H,12H2,1H3. The summed E-state index contributed by atoms with van der Waals surface area (Å²) < 4.78 is 18.5. The molecule has 2 aromatic rings. The van der Waals surface area contributed by atoms with Gasteiger partial charge in [-0.15, -0.1) is 0 Å². The molecule has 68 valence electrons. The highest BCUT2D eigenvalue weighted by atomic mass is 19.1. The summed E-state index contributed by atoms with van der Waals surface area (Å²) in [5.41, 5.74) is 6.85. The molecule has 1 unspecified atom stereocenters. The second kappa shape index (κ2) is 2.85. The number of nitrogens with two attached hydrogens (primary N) is 1. The van der Waals surface area contributed by atoms with E-state index in [-0.39, 0.29) is 11.9 Å². The molecule has 0 amide bonds. The fourth-order valence-electron chi connectivity index (χ4n) is 1.50. The second-order valence-corrected chi connectivity index (χ2v) is 3.08. The van der Waals surface area contributed by atoms with E-state index in [9.17, 15) is 4.39 Å². The van der Waals surface area contributed by atoms with Gasteiger partial charge in [0, 0.05) is 17.0 Å². The highest BCUT2D eigenvalue weighted by Crippen LogP contribution is 2.26. The van der Waals surface area contributed by atoms with Crippen LogP contribution < -0.4 is 5.73 Å². The first-order chi connectivity index (χ1) is 6.20. The van der Waals surface area contributed by atoms with Crippen molar-refractivity contribution in [2.45, 2.75) is 13.0 Å². The van der Waals surface area contributed by atoms with E-state index < -0.39 is 0 Å². The van der Waals surface area contributed by atoms with Crippen molar-refractivity contribution in [1.82, 2.24) is 0 Å². The lowest BCUT2D eigenvalue weighted by Gasteiger charge is -2.07. The van der Waals surface area contributed by atoms with Gasteiger partial charge < -0.3 is 10.2 Å². The molecule has 2 rings (SSSR count). The van der Waals surface area contributed by atoms with Crippen molar-refractivity contribution in [3.8, 4) is 0 Å². The van der Waals surface area contributed by atoms with Gasteiger partial charge >= 0.3 is 0 Å². The molecule has 0 aliphatic carbocycles. The molecule has 13 heavy (non-hydrogen) atoms. The smallest absolute Gasteiger partial charge is 0.134 e. The van der Waals surface area contributed by atoms with Crippen LogP contribution in [-0.4, -0.2) is 0 Å². The number of fused-ring (bicyclic) bond motifs is 1. The summed E-state index contributed by atoms with van der Waals surface area (Å²) in [4.78, 5) is 0. The molecule has 1 atom stereocenters. The van der Waals surface area contributed by atoms with Gasteiger partial charge in [0.05, 0.1) is 6.26 Å². The average molecular weight is 179 g/mol. The third-order valence-corrected chi connectivity index (χ3v) is 2.08. The number of furan rings is 1. The van der Waals surface area contributed by atoms with Gasteiger partial charge in [0.1, 0.15) is 11.4 Å². The van der Waals surface area contributed by atoms with Crippen LogP contribution in [0.2, 0.25) is 0 Å². The summed E-state index contributed by atoms with van der Waals surface area (Å²) in [6, 6.07) is 4.40. The average Bonchev–Trinajstić information content (AvgIpc) is 2.50. The number of halogens is 1. The van der Waals surface area contributed by atoms with E-state index in [4.69, 9.17) is 10.2 Å². The molecule has 0 bridgehead atoms. The third-order valence-electron chi connectivity index (χ3n) is 2.08. The van der Waals surface area contributed by atoms with Crippen LogP contribution in [0.1, 0.15) is 18.5 Å². The molecule has 0 spiro atoms. The molecular formula is C10H10FNO. The van der Waals surface area contributed by atoms with Gasteiger partial charge in [0.15, 0.2) is 0 Å².